The molecule has 0 aliphatic heterocycles. The highest BCUT2D eigenvalue weighted by atomic mass is 16.2. The van der Waals surface area contributed by atoms with Gasteiger partial charge in [0, 0.05) is 18.8 Å². The van der Waals surface area contributed by atoms with E-state index in [4.69, 9.17) is 5.26 Å². The monoisotopic (exact) mass is 313 g/mol. The van der Waals surface area contributed by atoms with E-state index in [1.807, 2.05) is 27.7 Å². The normalized spacial score (nSPS) is 10.6. The zero-order valence-corrected chi connectivity index (χ0v) is 14.1. The molecule has 1 aromatic rings. The van der Waals surface area contributed by atoms with Gasteiger partial charge in [0.1, 0.15) is 0 Å². The van der Waals surface area contributed by atoms with E-state index in [1.54, 1.807) is 24.3 Å². The third-order valence-corrected chi connectivity index (χ3v) is 3.47. The van der Waals surface area contributed by atoms with E-state index in [9.17, 15) is 9.59 Å². The summed E-state index contributed by atoms with van der Waals surface area (Å²) in [4.78, 5) is 25.6. The second-order valence-corrected chi connectivity index (χ2v) is 6.04. The Balaban J connectivity index is 2.80. The standard InChI is InChI=1S/C18H23N3O2/c1-6-21(11-13(2)3)17(23)16(22)20-15-9-7-14(8-10-15)18(4,5)12-19/h7-10H,2,6,11H2,1,3-5H3,(H,20,22). The molecule has 0 aliphatic rings. The van der Waals surface area contributed by atoms with E-state index in [0.717, 1.165) is 11.1 Å². The molecule has 0 spiro atoms. The molecule has 122 valence electrons. The molecule has 0 saturated carbocycles. The van der Waals surface area contributed by atoms with Crippen molar-refractivity contribution in [2.24, 2.45) is 0 Å². The van der Waals surface area contributed by atoms with Gasteiger partial charge < -0.3 is 10.2 Å². The van der Waals surface area contributed by atoms with Crippen molar-refractivity contribution in [3.63, 3.8) is 0 Å². The average molecular weight is 313 g/mol. The van der Waals surface area contributed by atoms with Gasteiger partial charge in [0.05, 0.1) is 11.5 Å². The first-order valence-corrected chi connectivity index (χ1v) is 7.47. The molecule has 0 heterocycles. The summed E-state index contributed by atoms with van der Waals surface area (Å²) in [5.74, 6) is -1.27. The molecule has 1 N–H and O–H groups in total. The number of nitrogens with zero attached hydrogens (tertiary/aromatic N) is 2. The number of likely N-dealkylation sites (N-methyl/N-ethyl adjacent to an activating group) is 1. The molecule has 0 radical (unpaired) electrons. The van der Waals surface area contributed by atoms with Gasteiger partial charge in [0.25, 0.3) is 0 Å². The van der Waals surface area contributed by atoms with Crippen LogP contribution in [0.3, 0.4) is 0 Å². The summed E-state index contributed by atoms with van der Waals surface area (Å²) in [6.07, 6.45) is 0. The van der Waals surface area contributed by atoms with Gasteiger partial charge in [0.2, 0.25) is 0 Å². The van der Waals surface area contributed by atoms with Gasteiger partial charge in [0.15, 0.2) is 0 Å². The first-order chi connectivity index (χ1) is 10.7. The van der Waals surface area contributed by atoms with Gasteiger partial charge in [-0.2, -0.15) is 5.26 Å². The van der Waals surface area contributed by atoms with Crippen LogP contribution in [0.4, 0.5) is 5.69 Å². The molecule has 1 rings (SSSR count). The maximum atomic E-state index is 12.1. The molecular formula is C18H23N3O2. The average Bonchev–Trinajstić information content (AvgIpc) is 2.52. The second-order valence-electron chi connectivity index (χ2n) is 6.04. The van der Waals surface area contributed by atoms with Gasteiger partial charge in [-0.25, -0.2) is 0 Å². The number of nitriles is 1. The van der Waals surface area contributed by atoms with Crippen LogP contribution in [0.25, 0.3) is 0 Å². The third-order valence-electron chi connectivity index (χ3n) is 3.47. The van der Waals surface area contributed by atoms with Crippen LogP contribution in [-0.2, 0) is 15.0 Å². The Labute approximate surface area is 137 Å². The lowest BCUT2D eigenvalue weighted by molar-refractivity contribution is -0.142. The number of hydrogen-bond acceptors (Lipinski definition) is 3. The fourth-order valence-electron chi connectivity index (χ4n) is 2.02. The molecule has 0 bridgehead atoms. The molecule has 0 aromatic heterocycles. The smallest absolute Gasteiger partial charge is 0.313 e. The van der Waals surface area contributed by atoms with Crippen LogP contribution in [0.5, 0.6) is 0 Å². The van der Waals surface area contributed by atoms with Gasteiger partial charge in [-0.05, 0) is 45.4 Å². The Morgan fingerprint density at radius 2 is 1.87 bits per heavy atom. The van der Waals surface area contributed by atoms with Gasteiger partial charge >= 0.3 is 11.8 Å². The lowest BCUT2D eigenvalue weighted by Crippen LogP contribution is -2.40. The molecule has 0 fully saturated rings. The van der Waals surface area contributed by atoms with Gasteiger partial charge in [-0.3, -0.25) is 9.59 Å². The number of carbonyl (C=O) groups is 2. The van der Waals surface area contributed by atoms with E-state index in [-0.39, 0.29) is 0 Å². The van der Waals surface area contributed by atoms with Crippen molar-refractivity contribution in [2.75, 3.05) is 18.4 Å². The Morgan fingerprint density at radius 1 is 1.30 bits per heavy atom. The quantitative estimate of drug-likeness (QED) is 0.671. The highest BCUT2D eigenvalue weighted by Gasteiger charge is 2.22. The summed E-state index contributed by atoms with van der Waals surface area (Å²) >= 11 is 0. The minimum absolute atomic E-state index is 0.359. The summed E-state index contributed by atoms with van der Waals surface area (Å²) in [7, 11) is 0. The minimum atomic E-state index is -0.680. The number of nitrogens with one attached hydrogen (secondary N) is 1. The van der Waals surface area contributed by atoms with Crippen molar-refractivity contribution in [2.45, 2.75) is 33.1 Å². The molecule has 0 aliphatic carbocycles. The molecule has 1 aromatic carbocycles. The van der Waals surface area contributed by atoms with Crippen LogP contribution in [0.2, 0.25) is 0 Å². The molecule has 5 nitrogen and oxygen atoms in total. The number of anilines is 1. The van der Waals surface area contributed by atoms with E-state index in [2.05, 4.69) is 18.0 Å². The van der Waals surface area contributed by atoms with Gasteiger partial charge in [-0.15, -0.1) is 0 Å². The van der Waals surface area contributed by atoms with Gasteiger partial charge in [-0.1, -0.05) is 24.3 Å². The summed E-state index contributed by atoms with van der Waals surface area (Å²) in [6.45, 7) is 11.8. The van der Waals surface area contributed by atoms with Crippen molar-refractivity contribution in [1.82, 2.24) is 4.90 Å². The minimum Gasteiger partial charge on any atom is -0.331 e. The highest BCUT2D eigenvalue weighted by Crippen LogP contribution is 2.23. The predicted octanol–water partition coefficient (Wildman–Crippen LogP) is 2.85. The van der Waals surface area contributed by atoms with E-state index in [1.165, 1.54) is 4.90 Å². The number of amides is 2. The summed E-state index contributed by atoms with van der Waals surface area (Å²) < 4.78 is 0. The number of rotatable bonds is 5. The zero-order valence-electron chi connectivity index (χ0n) is 14.1. The SMILES string of the molecule is C=C(C)CN(CC)C(=O)C(=O)Nc1ccc(C(C)(C)C#N)cc1. The van der Waals surface area contributed by atoms with Crippen LogP contribution < -0.4 is 5.32 Å². The molecule has 0 saturated heterocycles. The first-order valence-electron chi connectivity index (χ1n) is 7.47. The summed E-state index contributed by atoms with van der Waals surface area (Å²) in [6, 6.07) is 9.14. The summed E-state index contributed by atoms with van der Waals surface area (Å²) in [5.41, 5.74) is 1.59. The van der Waals surface area contributed by atoms with Crippen molar-refractivity contribution < 1.29 is 9.59 Å². The Bertz CT molecular complexity index is 639. The Kier molecular flexibility index (Phi) is 6.09. The van der Waals surface area contributed by atoms with E-state index in [0.29, 0.717) is 18.8 Å². The van der Waals surface area contributed by atoms with Crippen molar-refractivity contribution in [1.29, 1.82) is 5.26 Å². The number of carbonyl (C=O) groups excluding carboxylic acids is 2. The molecule has 0 unspecified atom stereocenters. The number of hydrogen-bond donors (Lipinski definition) is 1. The van der Waals surface area contributed by atoms with Crippen LogP contribution in [-0.4, -0.2) is 29.8 Å². The van der Waals surface area contributed by atoms with Crippen LogP contribution in [0.1, 0.15) is 33.3 Å². The maximum absolute atomic E-state index is 12.1. The highest BCUT2D eigenvalue weighted by molar-refractivity contribution is 6.39. The zero-order chi connectivity index (χ0) is 17.6. The topological polar surface area (TPSA) is 73.2 Å². The fourth-order valence-corrected chi connectivity index (χ4v) is 2.02. The Morgan fingerprint density at radius 3 is 2.30 bits per heavy atom. The largest absolute Gasteiger partial charge is 0.331 e. The van der Waals surface area contributed by atoms with Crippen LogP contribution in [0, 0.1) is 11.3 Å². The van der Waals surface area contributed by atoms with Crippen LogP contribution >= 0.6 is 0 Å². The summed E-state index contributed by atoms with van der Waals surface area (Å²) in [5, 5.41) is 11.7. The second kappa shape index (κ2) is 7.59. The van der Waals surface area contributed by atoms with Crippen LogP contribution in [0.15, 0.2) is 36.4 Å². The third kappa shape index (κ3) is 4.96. The fraction of sp³-hybridized carbons (Fsp3) is 0.389. The maximum Gasteiger partial charge on any atom is 0.313 e. The lowest BCUT2D eigenvalue weighted by Gasteiger charge is -2.20. The van der Waals surface area contributed by atoms with E-state index >= 15 is 0 Å². The predicted molar refractivity (Wildman–Crippen MR) is 90.8 cm³/mol. The molecule has 2 amide bonds. The van der Waals surface area contributed by atoms with Crippen molar-refractivity contribution in [3.8, 4) is 6.07 Å². The van der Waals surface area contributed by atoms with Crippen molar-refractivity contribution in [3.05, 3.63) is 42.0 Å². The van der Waals surface area contributed by atoms with E-state index < -0.39 is 17.2 Å². The molecule has 23 heavy (non-hydrogen) atoms. The lowest BCUT2D eigenvalue weighted by atomic mass is 9.86. The Hall–Kier alpha value is -2.61. The molecule has 0 atom stereocenters. The first kappa shape index (κ1) is 18.4. The molecular weight excluding hydrogens is 290 g/mol. The molecule has 5 heteroatoms. The van der Waals surface area contributed by atoms with Crippen molar-refractivity contribution >= 4 is 17.5 Å². The number of benzene rings is 1.